The third kappa shape index (κ3) is 2.46. The molecule has 1 spiro atoms. The molecule has 0 bridgehead atoms. The zero-order valence-corrected chi connectivity index (χ0v) is 9.10. The maximum Gasteiger partial charge on any atom is 0.0185 e. The number of hydrogen-bond acceptors (Lipinski definition) is 1. The summed E-state index contributed by atoms with van der Waals surface area (Å²) < 4.78 is 0. The molecular weight excluding hydrogens is 158 g/mol. The summed E-state index contributed by atoms with van der Waals surface area (Å²) in [6.45, 7) is 5.96. The van der Waals surface area contributed by atoms with Crippen molar-refractivity contribution < 1.29 is 0 Å². The Morgan fingerprint density at radius 3 is 2.77 bits per heavy atom. The van der Waals surface area contributed by atoms with Gasteiger partial charge in [0.2, 0.25) is 0 Å². The van der Waals surface area contributed by atoms with Gasteiger partial charge in [0.1, 0.15) is 0 Å². The lowest BCUT2D eigenvalue weighted by atomic mass is 9.85. The topological polar surface area (TPSA) is 12.0 Å². The minimum Gasteiger partial charge on any atom is -0.311 e. The fraction of sp³-hybridized carbons (Fsp3) is 1.00. The maximum absolute atomic E-state index is 3.69. The Bertz CT molecular complexity index is 170. The molecular formula is C12H23N. The second-order valence-corrected chi connectivity index (χ2v) is 5.54. The van der Waals surface area contributed by atoms with Crippen LogP contribution in [0.25, 0.3) is 0 Å². The first-order valence-electron chi connectivity index (χ1n) is 5.95. The summed E-state index contributed by atoms with van der Waals surface area (Å²) in [5, 5.41) is 3.69. The second-order valence-electron chi connectivity index (χ2n) is 5.54. The van der Waals surface area contributed by atoms with E-state index in [2.05, 4.69) is 19.2 Å². The van der Waals surface area contributed by atoms with Gasteiger partial charge >= 0.3 is 0 Å². The van der Waals surface area contributed by atoms with Gasteiger partial charge in [-0.3, -0.25) is 0 Å². The summed E-state index contributed by atoms with van der Waals surface area (Å²) >= 11 is 0. The largest absolute Gasteiger partial charge is 0.311 e. The smallest absolute Gasteiger partial charge is 0.0185 e. The van der Waals surface area contributed by atoms with Gasteiger partial charge in [-0.05, 0) is 44.1 Å². The van der Waals surface area contributed by atoms with Crippen molar-refractivity contribution in [3.05, 3.63) is 0 Å². The molecule has 0 aromatic heterocycles. The Balaban J connectivity index is 1.73. The molecule has 2 aliphatic rings. The molecule has 2 fully saturated rings. The van der Waals surface area contributed by atoms with E-state index in [1.54, 1.807) is 0 Å². The maximum atomic E-state index is 3.69. The van der Waals surface area contributed by atoms with E-state index in [9.17, 15) is 0 Å². The van der Waals surface area contributed by atoms with Gasteiger partial charge in [0, 0.05) is 5.54 Å². The molecule has 1 aliphatic carbocycles. The van der Waals surface area contributed by atoms with Crippen LogP contribution in [0.5, 0.6) is 0 Å². The lowest BCUT2D eigenvalue weighted by Gasteiger charge is -2.30. The zero-order chi connectivity index (χ0) is 9.31. The quantitative estimate of drug-likeness (QED) is 0.706. The number of nitrogens with one attached hydrogen (secondary N) is 1. The van der Waals surface area contributed by atoms with Crippen LogP contribution in [0.2, 0.25) is 0 Å². The van der Waals surface area contributed by atoms with Crippen LogP contribution in [-0.2, 0) is 0 Å². The van der Waals surface area contributed by atoms with Gasteiger partial charge in [-0.1, -0.05) is 26.7 Å². The third-order valence-electron chi connectivity index (χ3n) is 3.74. The Hall–Kier alpha value is -0.0400. The van der Waals surface area contributed by atoms with Crippen molar-refractivity contribution in [1.82, 2.24) is 5.32 Å². The van der Waals surface area contributed by atoms with Crippen LogP contribution in [0.15, 0.2) is 0 Å². The van der Waals surface area contributed by atoms with E-state index < -0.39 is 0 Å². The van der Waals surface area contributed by atoms with Crippen LogP contribution in [0.1, 0.15) is 52.4 Å². The number of piperidine rings is 1. The van der Waals surface area contributed by atoms with E-state index in [1.165, 1.54) is 45.1 Å². The van der Waals surface area contributed by atoms with Gasteiger partial charge in [-0.15, -0.1) is 0 Å². The van der Waals surface area contributed by atoms with Crippen molar-refractivity contribution in [2.24, 2.45) is 11.8 Å². The summed E-state index contributed by atoms with van der Waals surface area (Å²) in [7, 11) is 0. The summed E-state index contributed by atoms with van der Waals surface area (Å²) in [4.78, 5) is 0. The van der Waals surface area contributed by atoms with Gasteiger partial charge in [0.15, 0.2) is 0 Å². The number of rotatable bonds is 3. The van der Waals surface area contributed by atoms with Crippen LogP contribution >= 0.6 is 0 Å². The van der Waals surface area contributed by atoms with Gasteiger partial charge in [0.05, 0.1) is 0 Å². The molecule has 0 aromatic carbocycles. The Kier molecular flexibility index (Phi) is 2.64. The first-order valence-corrected chi connectivity index (χ1v) is 5.95. The Morgan fingerprint density at radius 1 is 1.38 bits per heavy atom. The SMILES string of the molecule is CC(C)CCC1CCNC2(CC2)C1. The molecule has 0 aromatic rings. The highest BCUT2D eigenvalue weighted by Crippen LogP contribution is 2.45. The highest BCUT2D eigenvalue weighted by Gasteiger charge is 2.45. The standard InChI is InChI=1S/C12H23N/c1-10(2)3-4-11-5-8-13-12(9-11)6-7-12/h10-11,13H,3-9H2,1-2H3. The van der Waals surface area contributed by atoms with E-state index >= 15 is 0 Å². The van der Waals surface area contributed by atoms with Crippen molar-refractivity contribution >= 4 is 0 Å². The van der Waals surface area contributed by atoms with E-state index in [1.807, 2.05) is 0 Å². The van der Waals surface area contributed by atoms with E-state index in [0.717, 1.165) is 11.8 Å². The molecule has 1 nitrogen and oxygen atoms in total. The molecule has 1 aliphatic heterocycles. The molecule has 1 heterocycles. The fourth-order valence-corrected chi connectivity index (χ4v) is 2.62. The van der Waals surface area contributed by atoms with E-state index in [-0.39, 0.29) is 0 Å². The molecule has 1 atom stereocenters. The van der Waals surface area contributed by atoms with Crippen molar-refractivity contribution in [2.75, 3.05) is 6.54 Å². The molecule has 1 saturated carbocycles. The minimum absolute atomic E-state index is 0.639. The van der Waals surface area contributed by atoms with Crippen molar-refractivity contribution in [3.8, 4) is 0 Å². The Morgan fingerprint density at radius 2 is 2.15 bits per heavy atom. The molecule has 13 heavy (non-hydrogen) atoms. The fourth-order valence-electron chi connectivity index (χ4n) is 2.62. The van der Waals surface area contributed by atoms with Crippen LogP contribution in [-0.4, -0.2) is 12.1 Å². The highest BCUT2D eigenvalue weighted by atomic mass is 15.0. The van der Waals surface area contributed by atoms with Crippen LogP contribution in [0.4, 0.5) is 0 Å². The predicted molar refractivity (Wildman–Crippen MR) is 56.8 cm³/mol. The van der Waals surface area contributed by atoms with Gasteiger partial charge in [0.25, 0.3) is 0 Å². The predicted octanol–water partition coefficient (Wildman–Crippen LogP) is 2.95. The first kappa shape index (κ1) is 9.51. The first-order chi connectivity index (χ1) is 6.20. The lowest BCUT2D eigenvalue weighted by Crippen LogP contribution is -2.40. The van der Waals surface area contributed by atoms with E-state index in [0.29, 0.717) is 5.54 Å². The minimum atomic E-state index is 0.639. The molecule has 76 valence electrons. The molecule has 2 rings (SSSR count). The summed E-state index contributed by atoms with van der Waals surface area (Å²) in [6.07, 6.45) is 8.70. The summed E-state index contributed by atoms with van der Waals surface area (Å²) in [5.41, 5.74) is 0.639. The molecule has 1 saturated heterocycles. The summed E-state index contributed by atoms with van der Waals surface area (Å²) in [5.74, 6) is 1.93. The average molecular weight is 181 g/mol. The van der Waals surface area contributed by atoms with Gasteiger partial charge < -0.3 is 5.32 Å². The molecule has 1 unspecified atom stereocenters. The monoisotopic (exact) mass is 181 g/mol. The number of hydrogen-bond donors (Lipinski definition) is 1. The zero-order valence-electron chi connectivity index (χ0n) is 9.10. The van der Waals surface area contributed by atoms with Gasteiger partial charge in [-0.25, -0.2) is 0 Å². The second kappa shape index (κ2) is 3.61. The van der Waals surface area contributed by atoms with Crippen molar-refractivity contribution in [1.29, 1.82) is 0 Å². The van der Waals surface area contributed by atoms with Crippen LogP contribution in [0.3, 0.4) is 0 Å². The summed E-state index contributed by atoms with van der Waals surface area (Å²) in [6, 6.07) is 0. The van der Waals surface area contributed by atoms with Crippen LogP contribution < -0.4 is 5.32 Å². The normalized spacial score (nSPS) is 31.2. The average Bonchev–Trinajstić information content (AvgIpc) is 2.82. The van der Waals surface area contributed by atoms with Crippen LogP contribution in [0, 0.1) is 11.8 Å². The van der Waals surface area contributed by atoms with Crippen molar-refractivity contribution in [2.45, 2.75) is 57.9 Å². The third-order valence-corrected chi connectivity index (χ3v) is 3.74. The Labute approximate surface area is 82.3 Å². The highest BCUT2D eigenvalue weighted by molar-refractivity contribution is 5.05. The molecule has 1 N–H and O–H groups in total. The molecule has 1 heteroatoms. The van der Waals surface area contributed by atoms with E-state index in [4.69, 9.17) is 0 Å². The molecule has 0 amide bonds. The lowest BCUT2D eigenvalue weighted by molar-refractivity contribution is 0.262. The van der Waals surface area contributed by atoms with Gasteiger partial charge in [-0.2, -0.15) is 0 Å². The van der Waals surface area contributed by atoms with Crippen molar-refractivity contribution in [3.63, 3.8) is 0 Å². The molecule has 0 radical (unpaired) electrons.